The monoisotopic (exact) mass is 284 g/mol. The Morgan fingerprint density at radius 2 is 2.27 bits per heavy atom. The average Bonchev–Trinajstić information content (AvgIpc) is 2.17. The van der Waals surface area contributed by atoms with Crippen LogP contribution in [0.1, 0.15) is 18.4 Å². The largest absolute Gasteiger partial charge is 0.300 e. The van der Waals surface area contributed by atoms with Crippen molar-refractivity contribution in [1.82, 2.24) is 4.98 Å². The summed E-state index contributed by atoms with van der Waals surface area (Å²) in [6.45, 7) is 0. The van der Waals surface area contributed by atoms with Crippen molar-refractivity contribution in [2.24, 2.45) is 0 Å². The number of Topliss-reactive ketones (excluding diaryl/α,β-unsaturated/α-hetero) is 1. The van der Waals surface area contributed by atoms with Crippen molar-refractivity contribution in [3.8, 4) is 6.07 Å². The summed E-state index contributed by atoms with van der Waals surface area (Å²) < 4.78 is 0.723. The van der Waals surface area contributed by atoms with Gasteiger partial charge in [-0.15, -0.1) is 0 Å². The Bertz CT molecular complexity index is 473. The predicted molar refractivity (Wildman–Crippen MR) is 58.5 cm³/mol. The normalized spacial score (nSPS) is 18.1. The Kier molecular flexibility index (Phi) is 2.53. The van der Waals surface area contributed by atoms with Crippen LogP contribution in [0.15, 0.2) is 16.7 Å². The molecule has 2 rings (SSSR count). The van der Waals surface area contributed by atoms with E-state index in [4.69, 9.17) is 16.9 Å². The first-order valence-corrected chi connectivity index (χ1v) is 5.49. The second kappa shape index (κ2) is 3.58. The summed E-state index contributed by atoms with van der Waals surface area (Å²) >= 11 is 9.09. The number of halogens is 2. The quantitative estimate of drug-likeness (QED) is 0.745. The second-order valence-electron chi connectivity index (χ2n) is 3.57. The van der Waals surface area contributed by atoms with Crippen LogP contribution in [0.2, 0.25) is 5.15 Å². The molecule has 0 radical (unpaired) electrons. The molecule has 3 nitrogen and oxygen atoms in total. The van der Waals surface area contributed by atoms with E-state index in [0.29, 0.717) is 5.15 Å². The minimum absolute atomic E-state index is 0.108. The first-order chi connectivity index (χ1) is 7.07. The molecule has 0 spiro atoms. The molecule has 0 saturated heterocycles. The fourth-order valence-corrected chi connectivity index (χ4v) is 2.49. The molecule has 1 fully saturated rings. The summed E-state index contributed by atoms with van der Waals surface area (Å²) in [5, 5.41) is 9.47. The van der Waals surface area contributed by atoms with Crippen LogP contribution in [-0.4, -0.2) is 10.8 Å². The van der Waals surface area contributed by atoms with E-state index >= 15 is 0 Å². The van der Waals surface area contributed by atoms with Crippen LogP contribution in [0.4, 0.5) is 0 Å². The number of nitriles is 1. The molecule has 1 aromatic rings. The fourth-order valence-electron chi connectivity index (χ4n) is 1.73. The Morgan fingerprint density at radius 3 is 2.80 bits per heavy atom. The molecule has 1 aliphatic rings. The molecule has 1 aromatic heterocycles. The Balaban J connectivity index is 2.49. The number of ketones is 1. The van der Waals surface area contributed by atoms with E-state index in [1.165, 1.54) is 0 Å². The van der Waals surface area contributed by atoms with Crippen LogP contribution >= 0.6 is 27.5 Å². The molecule has 0 aliphatic heterocycles. The van der Waals surface area contributed by atoms with Crippen molar-refractivity contribution in [2.45, 2.75) is 18.3 Å². The number of pyridine rings is 1. The molecular weight excluding hydrogens is 279 g/mol. The molecular formula is C10H6BrClN2O. The fraction of sp³-hybridized carbons (Fsp3) is 0.300. The zero-order valence-electron chi connectivity index (χ0n) is 7.63. The lowest BCUT2D eigenvalue weighted by Crippen LogP contribution is -2.40. The van der Waals surface area contributed by atoms with Gasteiger partial charge in [-0.2, -0.15) is 5.26 Å². The zero-order chi connectivity index (χ0) is 11.1. The van der Waals surface area contributed by atoms with E-state index < -0.39 is 5.41 Å². The van der Waals surface area contributed by atoms with Gasteiger partial charge in [0.05, 0.1) is 11.5 Å². The van der Waals surface area contributed by atoms with Crippen molar-refractivity contribution < 1.29 is 4.79 Å². The minimum Gasteiger partial charge on any atom is -0.300 e. The van der Waals surface area contributed by atoms with Crippen LogP contribution in [0, 0.1) is 11.3 Å². The number of hydrogen-bond acceptors (Lipinski definition) is 3. The molecule has 76 valence electrons. The molecule has 1 aliphatic carbocycles. The van der Waals surface area contributed by atoms with Crippen LogP contribution in [0.5, 0.6) is 0 Å². The number of rotatable bonds is 1. The molecule has 1 saturated carbocycles. The third-order valence-corrected chi connectivity index (χ3v) is 3.39. The highest BCUT2D eigenvalue weighted by atomic mass is 79.9. The number of hydrogen-bond donors (Lipinski definition) is 0. The number of carbonyl (C=O) groups excluding carboxylic acids is 1. The van der Waals surface area contributed by atoms with Crippen LogP contribution in [0.25, 0.3) is 0 Å². The van der Waals surface area contributed by atoms with Gasteiger partial charge in [0.1, 0.15) is 10.9 Å². The average molecular weight is 286 g/mol. The smallest absolute Gasteiger partial charge is 0.136 e. The molecule has 0 bridgehead atoms. The van der Waals surface area contributed by atoms with Crippen molar-refractivity contribution in [3.63, 3.8) is 0 Å². The highest BCUT2D eigenvalue weighted by Crippen LogP contribution is 2.43. The van der Waals surface area contributed by atoms with Gasteiger partial charge in [-0.25, -0.2) is 4.98 Å². The van der Waals surface area contributed by atoms with Gasteiger partial charge in [0.2, 0.25) is 0 Å². The second-order valence-corrected chi connectivity index (χ2v) is 4.81. The summed E-state index contributed by atoms with van der Waals surface area (Å²) in [4.78, 5) is 14.9. The molecule has 1 heterocycles. The summed E-state index contributed by atoms with van der Waals surface area (Å²) in [7, 11) is 0. The maximum Gasteiger partial charge on any atom is 0.136 e. The number of aromatic nitrogens is 1. The maximum absolute atomic E-state index is 11.0. The third kappa shape index (κ3) is 1.66. The third-order valence-electron chi connectivity index (χ3n) is 2.55. The van der Waals surface area contributed by atoms with Gasteiger partial charge in [0, 0.05) is 23.5 Å². The number of nitrogens with zero attached hydrogens (tertiary/aromatic N) is 2. The highest BCUT2D eigenvalue weighted by molar-refractivity contribution is 9.10. The van der Waals surface area contributed by atoms with E-state index in [0.717, 1.165) is 10.0 Å². The minimum atomic E-state index is -0.706. The lowest BCUT2D eigenvalue weighted by Gasteiger charge is -2.34. The predicted octanol–water partition coefficient (Wildman–Crippen LogP) is 2.62. The first kappa shape index (κ1) is 10.6. The van der Waals surface area contributed by atoms with Crippen LogP contribution in [0.3, 0.4) is 0 Å². The van der Waals surface area contributed by atoms with Gasteiger partial charge < -0.3 is 0 Å². The molecule has 15 heavy (non-hydrogen) atoms. The molecule has 0 atom stereocenters. The first-order valence-electron chi connectivity index (χ1n) is 4.32. The van der Waals surface area contributed by atoms with Crippen LogP contribution < -0.4 is 0 Å². The topological polar surface area (TPSA) is 53.8 Å². The standard InChI is InChI=1S/C10H6BrClN2O/c11-8-4-14-9(12)1-7(8)10(5-13)2-6(15)3-10/h1,4H,2-3H2. The van der Waals surface area contributed by atoms with Gasteiger partial charge in [-0.3, -0.25) is 4.79 Å². The Morgan fingerprint density at radius 1 is 1.60 bits per heavy atom. The van der Waals surface area contributed by atoms with Gasteiger partial charge in [-0.1, -0.05) is 11.6 Å². The highest BCUT2D eigenvalue weighted by Gasteiger charge is 2.46. The lowest BCUT2D eigenvalue weighted by atomic mass is 9.65. The van der Waals surface area contributed by atoms with E-state index in [9.17, 15) is 4.79 Å². The van der Waals surface area contributed by atoms with Gasteiger partial charge >= 0.3 is 0 Å². The molecule has 0 unspecified atom stereocenters. The summed E-state index contributed by atoms with van der Waals surface area (Å²) in [6, 6.07) is 3.83. The summed E-state index contributed by atoms with van der Waals surface area (Å²) in [6.07, 6.45) is 2.09. The molecule has 0 aromatic carbocycles. The van der Waals surface area contributed by atoms with Crippen LogP contribution in [-0.2, 0) is 10.2 Å². The van der Waals surface area contributed by atoms with E-state index in [1.54, 1.807) is 12.3 Å². The van der Waals surface area contributed by atoms with E-state index in [2.05, 4.69) is 27.0 Å². The Hall–Kier alpha value is -0.920. The van der Waals surface area contributed by atoms with Crippen molar-refractivity contribution in [1.29, 1.82) is 5.26 Å². The molecule has 0 amide bonds. The van der Waals surface area contributed by atoms with Gasteiger partial charge in [0.15, 0.2) is 0 Å². The maximum atomic E-state index is 11.0. The molecule has 0 N–H and O–H groups in total. The van der Waals surface area contributed by atoms with E-state index in [1.807, 2.05) is 0 Å². The zero-order valence-corrected chi connectivity index (χ0v) is 9.97. The Labute approximate surface area is 100 Å². The summed E-state index contributed by atoms with van der Waals surface area (Å²) in [5.41, 5.74) is 0.0484. The van der Waals surface area contributed by atoms with Crippen molar-refractivity contribution in [3.05, 3.63) is 27.5 Å². The van der Waals surface area contributed by atoms with Crippen molar-refractivity contribution >= 4 is 33.3 Å². The number of carbonyl (C=O) groups is 1. The summed E-state index contributed by atoms with van der Waals surface area (Å²) in [5.74, 6) is 0.108. The van der Waals surface area contributed by atoms with Gasteiger partial charge in [0.25, 0.3) is 0 Å². The van der Waals surface area contributed by atoms with E-state index in [-0.39, 0.29) is 18.6 Å². The molecule has 5 heteroatoms. The van der Waals surface area contributed by atoms with Gasteiger partial charge in [-0.05, 0) is 27.6 Å². The SMILES string of the molecule is N#CC1(c2cc(Cl)ncc2Br)CC(=O)C1. The van der Waals surface area contributed by atoms with Crippen molar-refractivity contribution in [2.75, 3.05) is 0 Å². The lowest BCUT2D eigenvalue weighted by molar-refractivity contribution is -0.126.